The molecule has 3 N–H and O–H groups in total. The maximum atomic E-state index is 14.1. The average molecular weight is 507 g/mol. The quantitative estimate of drug-likeness (QED) is 0.380. The third kappa shape index (κ3) is 3.68. The van der Waals surface area contributed by atoms with E-state index in [2.05, 4.69) is 15.1 Å². The monoisotopic (exact) mass is 506 g/mol. The highest BCUT2D eigenvalue weighted by Crippen LogP contribution is 2.33. The van der Waals surface area contributed by atoms with Gasteiger partial charge in [-0.15, -0.1) is 0 Å². The molecule has 0 spiro atoms. The highest BCUT2D eigenvalue weighted by Gasteiger charge is 2.25. The fourth-order valence-electron chi connectivity index (χ4n) is 4.89. The van der Waals surface area contributed by atoms with Crippen LogP contribution in [0.2, 0.25) is 0 Å². The minimum atomic E-state index is -0.609. The number of nitrogen functional groups attached to an aromatic ring is 1. The number of hydrogen-bond donors (Lipinski definition) is 2. The average Bonchev–Trinajstić information content (AvgIpc) is 3.41. The van der Waals surface area contributed by atoms with E-state index in [-0.39, 0.29) is 29.7 Å². The Hall–Kier alpha value is -3.93. The summed E-state index contributed by atoms with van der Waals surface area (Å²) in [5.41, 5.74) is 8.63. The Kier molecular flexibility index (Phi) is 5.40. The van der Waals surface area contributed by atoms with Gasteiger partial charge < -0.3 is 10.8 Å². The smallest absolute Gasteiger partial charge is 0.278 e. The Morgan fingerprint density at radius 3 is 2.78 bits per heavy atom. The van der Waals surface area contributed by atoms with Gasteiger partial charge in [0.1, 0.15) is 41.5 Å². The minimum absolute atomic E-state index is 0.0294. The number of aromatic hydroxyl groups is 1. The number of aromatic nitrogens is 7. The van der Waals surface area contributed by atoms with Gasteiger partial charge in [0.25, 0.3) is 5.56 Å². The molecule has 4 aromatic heterocycles. The van der Waals surface area contributed by atoms with Crippen molar-refractivity contribution in [2.45, 2.75) is 32.4 Å². The number of thioether (sulfide) groups is 1. The molecule has 6 rings (SSSR count). The Balaban J connectivity index is 1.56. The van der Waals surface area contributed by atoms with Gasteiger partial charge in [-0.3, -0.25) is 9.36 Å². The van der Waals surface area contributed by atoms with Crippen molar-refractivity contribution in [3.63, 3.8) is 0 Å². The Morgan fingerprint density at radius 1 is 1.19 bits per heavy atom. The van der Waals surface area contributed by atoms with Crippen molar-refractivity contribution in [2.75, 3.05) is 17.2 Å². The van der Waals surface area contributed by atoms with Crippen LogP contribution >= 0.6 is 11.8 Å². The molecule has 0 saturated carbocycles. The van der Waals surface area contributed by atoms with Gasteiger partial charge >= 0.3 is 0 Å². The number of phenolic OH excluding ortho intramolecular Hbond substituents is 1. The predicted molar refractivity (Wildman–Crippen MR) is 136 cm³/mol. The first-order chi connectivity index (χ1) is 17.4. The number of aryl methyl sites for hydroxylation is 1. The van der Waals surface area contributed by atoms with E-state index in [1.807, 2.05) is 24.8 Å². The molecule has 0 atom stereocenters. The van der Waals surface area contributed by atoms with Crippen molar-refractivity contribution >= 4 is 34.1 Å². The lowest BCUT2D eigenvalue weighted by Gasteiger charge is -2.26. The van der Waals surface area contributed by atoms with Gasteiger partial charge in [0, 0.05) is 23.9 Å². The molecule has 5 heterocycles. The molecule has 10 nitrogen and oxygen atoms in total. The van der Waals surface area contributed by atoms with Crippen LogP contribution < -0.4 is 11.3 Å². The number of benzene rings is 1. The molecule has 36 heavy (non-hydrogen) atoms. The van der Waals surface area contributed by atoms with Gasteiger partial charge in [-0.25, -0.2) is 23.6 Å². The maximum Gasteiger partial charge on any atom is 0.278 e. The molecule has 12 heteroatoms. The minimum Gasteiger partial charge on any atom is -0.508 e. The molecule has 184 valence electrons. The van der Waals surface area contributed by atoms with Crippen LogP contribution in [0.4, 0.5) is 10.2 Å². The van der Waals surface area contributed by atoms with Crippen LogP contribution in [0.1, 0.15) is 30.3 Å². The fraction of sp³-hybridized carbons (Fsp3) is 0.292. The summed E-state index contributed by atoms with van der Waals surface area (Å²) in [6.45, 7) is 2.04. The summed E-state index contributed by atoms with van der Waals surface area (Å²) in [6, 6.07) is 5.59. The molecule has 1 saturated heterocycles. The third-order valence-electron chi connectivity index (χ3n) is 6.55. The summed E-state index contributed by atoms with van der Waals surface area (Å²) >= 11 is 1.88. The Morgan fingerprint density at radius 2 is 2.00 bits per heavy atom. The van der Waals surface area contributed by atoms with Crippen LogP contribution in [0.25, 0.3) is 27.8 Å². The van der Waals surface area contributed by atoms with Crippen LogP contribution in [0.3, 0.4) is 0 Å². The van der Waals surface area contributed by atoms with Gasteiger partial charge in [-0.2, -0.15) is 22.0 Å². The molecule has 0 aliphatic carbocycles. The lowest BCUT2D eigenvalue weighted by Crippen LogP contribution is -2.34. The Labute approximate surface area is 208 Å². The van der Waals surface area contributed by atoms with Crippen molar-refractivity contribution < 1.29 is 9.50 Å². The van der Waals surface area contributed by atoms with Crippen molar-refractivity contribution in [3.8, 4) is 17.0 Å². The van der Waals surface area contributed by atoms with E-state index in [1.54, 1.807) is 20.0 Å². The van der Waals surface area contributed by atoms with Gasteiger partial charge in [0.05, 0.1) is 5.39 Å². The molecule has 0 amide bonds. The van der Waals surface area contributed by atoms with E-state index in [0.29, 0.717) is 33.6 Å². The third-order valence-corrected chi connectivity index (χ3v) is 7.60. The van der Waals surface area contributed by atoms with Crippen molar-refractivity contribution in [1.82, 2.24) is 33.9 Å². The molecule has 1 aliphatic rings. The van der Waals surface area contributed by atoms with E-state index in [0.717, 1.165) is 36.0 Å². The van der Waals surface area contributed by atoms with E-state index in [1.165, 1.54) is 18.5 Å². The van der Waals surface area contributed by atoms with Gasteiger partial charge in [-0.05, 0) is 55.0 Å². The van der Waals surface area contributed by atoms with Crippen molar-refractivity contribution in [3.05, 3.63) is 64.3 Å². The van der Waals surface area contributed by atoms with Crippen LogP contribution in [-0.2, 0) is 6.54 Å². The second-order valence-corrected chi connectivity index (χ2v) is 10.1. The number of anilines is 1. The lowest BCUT2D eigenvalue weighted by molar-refractivity contribution is 0.419. The van der Waals surface area contributed by atoms with Crippen LogP contribution in [0, 0.1) is 12.7 Å². The maximum absolute atomic E-state index is 14.1. The SMILES string of the molecule is Cc1ccn2nc(Cn3nc(-c4cc(O)cc(F)c4)c4c(N)ncnc43)n(C3CCSCC3)c(=O)c12. The van der Waals surface area contributed by atoms with Crippen molar-refractivity contribution in [2.24, 2.45) is 0 Å². The highest BCUT2D eigenvalue weighted by atomic mass is 32.2. The molecule has 1 fully saturated rings. The lowest BCUT2D eigenvalue weighted by atomic mass is 10.1. The predicted octanol–water partition coefficient (Wildman–Crippen LogP) is 3.15. The largest absolute Gasteiger partial charge is 0.508 e. The number of halogens is 1. The fourth-order valence-corrected chi connectivity index (χ4v) is 5.97. The molecule has 5 aromatic rings. The second-order valence-electron chi connectivity index (χ2n) is 8.89. The summed E-state index contributed by atoms with van der Waals surface area (Å²) in [7, 11) is 0. The molecule has 0 unspecified atom stereocenters. The second kappa shape index (κ2) is 8.63. The molecule has 0 radical (unpaired) electrons. The molecular formula is C24H23FN8O2S. The van der Waals surface area contributed by atoms with Gasteiger partial charge in [0.15, 0.2) is 11.5 Å². The molecular weight excluding hydrogens is 483 g/mol. The number of phenols is 1. The summed E-state index contributed by atoms with van der Waals surface area (Å²) in [5, 5.41) is 19.9. The first kappa shape index (κ1) is 22.5. The molecule has 1 aromatic carbocycles. The van der Waals surface area contributed by atoms with E-state index >= 15 is 0 Å². The van der Waals surface area contributed by atoms with Crippen LogP contribution in [0.15, 0.2) is 41.6 Å². The molecule has 0 bridgehead atoms. The zero-order valence-electron chi connectivity index (χ0n) is 19.4. The molecule has 1 aliphatic heterocycles. The summed E-state index contributed by atoms with van der Waals surface area (Å²) in [5.74, 6) is 1.82. The summed E-state index contributed by atoms with van der Waals surface area (Å²) < 4.78 is 19.1. The highest BCUT2D eigenvalue weighted by molar-refractivity contribution is 7.99. The topological polar surface area (TPSA) is 129 Å². The number of fused-ring (bicyclic) bond motifs is 2. The number of nitrogens with two attached hydrogens (primary N) is 1. The number of hydrogen-bond acceptors (Lipinski definition) is 8. The van der Waals surface area contributed by atoms with Crippen molar-refractivity contribution in [1.29, 1.82) is 0 Å². The first-order valence-corrected chi connectivity index (χ1v) is 12.7. The standard InChI is InChI=1S/C24H23FN8O2S/c1-13-2-5-31-21(13)24(35)33(16-3-6-36-7-4-16)18(29-31)11-32-23-19(22(26)27-12-28-23)20(30-32)14-8-15(25)10-17(34)9-14/h2,5,8-10,12,16,34H,3-4,6-7,11H2,1H3,(H2,26,27,28). The Bertz CT molecular complexity index is 1670. The summed E-state index contributed by atoms with van der Waals surface area (Å²) in [4.78, 5) is 22.2. The van der Waals surface area contributed by atoms with Gasteiger partial charge in [0.2, 0.25) is 0 Å². The van der Waals surface area contributed by atoms with E-state index in [4.69, 9.17) is 10.8 Å². The zero-order chi connectivity index (χ0) is 25.0. The van der Waals surface area contributed by atoms with Gasteiger partial charge in [-0.1, -0.05) is 0 Å². The van der Waals surface area contributed by atoms with E-state index in [9.17, 15) is 14.3 Å². The first-order valence-electron chi connectivity index (χ1n) is 11.5. The number of rotatable bonds is 4. The zero-order valence-corrected chi connectivity index (χ0v) is 20.2. The summed E-state index contributed by atoms with van der Waals surface area (Å²) in [6.07, 6.45) is 4.86. The van der Waals surface area contributed by atoms with Crippen LogP contribution in [0.5, 0.6) is 5.75 Å². The van der Waals surface area contributed by atoms with E-state index < -0.39 is 5.82 Å². The van der Waals surface area contributed by atoms with Crippen LogP contribution in [-0.4, -0.2) is 50.5 Å². The normalized spacial score (nSPS) is 14.7. The number of nitrogens with zero attached hydrogens (tertiary/aromatic N) is 7.